The van der Waals surface area contributed by atoms with E-state index in [4.69, 9.17) is 4.98 Å². The van der Waals surface area contributed by atoms with Crippen molar-refractivity contribution in [1.82, 2.24) is 29.7 Å². The number of amides is 1. The summed E-state index contributed by atoms with van der Waals surface area (Å²) in [5.74, 6) is 1.04. The van der Waals surface area contributed by atoms with Crippen LogP contribution in [0.25, 0.3) is 33.3 Å². The summed E-state index contributed by atoms with van der Waals surface area (Å²) < 4.78 is 0. The van der Waals surface area contributed by atoms with E-state index in [2.05, 4.69) is 44.1 Å². The van der Waals surface area contributed by atoms with Gasteiger partial charge in [-0.15, -0.1) is 0 Å². The first kappa shape index (κ1) is 23.2. The molecular weight excluding hydrogens is 460 g/mol. The van der Waals surface area contributed by atoms with Crippen molar-refractivity contribution in [1.29, 1.82) is 0 Å². The zero-order valence-electron chi connectivity index (χ0n) is 21.2. The molecule has 37 heavy (non-hydrogen) atoms. The van der Waals surface area contributed by atoms with E-state index in [9.17, 15) is 4.79 Å². The van der Waals surface area contributed by atoms with E-state index in [0.717, 1.165) is 66.0 Å². The minimum Gasteiger partial charge on any atom is -0.349 e. The van der Waals surface area contributed by atoms with Gasteiger partial charge in [0.1, 0.15) is 11.5 Å². The van der Waals surface area contributed by atoms with Crippen molar-refractivity contribution in [3.05, 3.63) is 95.8 Å². The Morgan fingerprint density at radius 1 is 0.973 bits per heavy atom. The highest BCUT2D eigenvalue weighted by atomic mass is 16.2. The second-order valence-corrected chi connectivity index (χ2v) is 9.89. The average Bonchev–Trinajstić information content (AvgIpc) is 3.61. The van der Waals surface area contributed by atoms with Crippen LogP contribution in [0, 0.1) is 0 Å². The van der Waals surface area contributed by atoms with Gasteiger partial charge in [-0.1, -0.05) is 24.3 Å². The van der Waals surface area contributed by atoms with Gasteiger partial charge in [0.05, 0.1) is 0 Å². The molecule has 0 aliphatic carbocycles. The molecule has 0 fully saturated rings. The molecule has 0 radical (unpaired) electrons. The Kier molecular flexibility index (Phi) is 6.06. The molecule has 2 aromatic carbocycles. The van der Waals surface area contributed by atoms with Gasteiger partial charge in [-0.2, -0.15) is 0 Å². The SMILES string of the molecule is CN(C)C(=O)c1ccc(-c2c[nH]c3ncc(-c4ccc5c(c4)CN(CCc4ncc[nH]4)CC5)cc23)cc1. The zero-order chi connectivity index (χ0) is 25.4. The summed E-state index contributed by atoms with van der Waals surface area (Å²) in [4.78, 5) is 32.0. The molecule has 5 aromatic rings. The van der Waals surface area contributed by atoms with Crippen LogP contribution in [0.4, 0.5) is 0 Å². The van der Waals surface area contributed by atoms with Gasteiger partial charge >= 0.3 is 0 Å². The standard InChI is InChI=1S/C30H30N6O/c1-35(2)30(37)22-6-4-21(5-7-22)27-18-34-29-26(27)16-24(17-33-29)23-8-3-20-9-13-36(19-25(20)15-23)14-10-28-31-11-12-32-28/h3-8,11-12,15-18H,9-10,13-14,19H2,1-2H3,(H,31,32)(H,33,34). The molecule has 0 unspecified atom stereocenters. The first-order chi connectivity index (χ1) is 18.0. The summed E-state index contributed by atoms with van der Waals surface area (Å²) in [6, 6.07) is 16.8. The third kappa shape index (κ3) is 4.66. The number of pyridine rings is 1. The number of nitrogens with zero attached hydrogens (tertiary/aromatic N) is 4. The number of H-pyrrole nitrogens is 2. The summed E-state index contributed by atoms with van der Waals surface area (Å²) in [5.41, 5.74) is 8.77. The molecule has 186 valence electrons. The Morgan fingerprint density at radius 3 is 2.59 bits per heavy atom. The van der Waals surface area contributed by atoms with E-state index in [-0.39, 0.29) is 5.91 Å². The second kappa shape index (κ2) is 9.67. The van der Waals surface area contributed by atoms with Gasteiger partial charge in [0.2, 0.25) is 0 Å². The first-order valence-corrected chi connectivity index (χ1v) is 12.7. The highest BCUT2D eigenvalue weighted by Crippen LogP contribution is 2.32. The van der Waals surface area contributed by atoms with Gasteiger partial charge < -0.3 is 14.9 Å². The predicted octanol–water partition coefficient (Wildman–Crippen LogP) is 4.92. The van der Waals surface area contributed by atoms with Crippen molar-refractivity contribution in [3.8, 4) is 22.3 Å². The molecular formula is C30H30N6O. The Labute approximate surface area is 216 Å². The molecule has 0 saturated carbocycles. The smallest absolute Gasteiger partial charge is 0.253 e. The maximum Gasteiger partial charge on any atom is 0.253 e. The minimum atomic E-state index is 0.00127. The largest absolute Gasteiger partial charge is 0.349 e. The molecule has 7 heteroatoms. The molecule has 1 aliphatic heterocycles. The topological polar surface area (TPSA) is 80.9 Å². The molecule has 2 N–H and O–H groups in total. The Balaban J connectivity index is 1.26. The zero-order valence-corrected chi connectivity index (χ0v) is 21.2. The van der Waals surface area contributed by atoms with Crippen molar-refractivity contribution in [2.45, 2.75) is 19.4 Å². The lowest BCUT2D eigenvalue weighted by Gasteiger charge is -2.29. The van der Waals surface area contributed by atoms with Crippen LogP contribution < -0.4 is 0 Å². The number of aromatic nitrogens is 4. The lowest BCUT2D eigenvalue weighted by molar-refractivity contribution is 0.0827. The van der Waals surface area contributed by atoms with Crippen molar-refractivity contribution in [3.63, 3.8) is 0 Å². The molecule has 1 aliphatic rings. The lowest BCUT2D eigenvalue weighted by Crippen LogP contribution is -2.32. The van der Waals surface area contributed by atoms with Crippen LogP contribution in [0.3, 0.4) is 0 Å². The van der Waals surface area contributed by atoms with E-state index in [0.29, 0.717) is 5.56 Å². The van der Waals surface area contributed by atoms with Gasteiger partial charge in [-0.25, -0.2) is 9.97 Å². The number of hydrogen-bond acceptors (Lipinski definition) is 4. The average molecular weight is 491 g/mol. The summed E-state index contributed by atoms with van der Waals surface area (Å²) in [7, 11) is 3.53. The maximum atomic E-state index is 12.3. The fourth-order valence-corrected chi connectivity index (χ4v) is 5.14. The fraction of sp³-hybridized carbons (Fsp3) is 0.233. The van der Waals surface area contributed by atoms with Crippen LogP contribution in [0.2, 0.25) is 0 Å². The Bertz CT molecular complexity index is 1550. The van der Waals surface area contributed by atoms with Crippen molar-refractivity contribution < 1.29 is 4.79 Å². The number of imidazole rings is 1. The molecule has 0 spiro atoms. The summed E-state index contributed by atoms with van der Waals surface area (Å²) in [6.07, 6.45) is 9.64. The van der Waals surface area contributed by atoms with E-state index < -0.39 is 0 Å². The number of benzene rings is 2. The molecule has 1 amide bonds. The second-order valence-electron chi connectivity index (χ2n) is 9.89. The molecule has 7 nitrogen and oxygen atoms in total. The summed E-state index contributed by atoms with van der Waals surface area (Å²) in [6.45, 7) is 3.02. The van der Waals surface area contributed by atoms with Gasteiger partial charge in [-0.05, 0) is 52.9 Å². The number of nitrogens with one attached hydrogen (secondary N) is 2. The van der Waals surface area contributed by atoms with Crippen LogP contribution in [0.15, 0.2) is 73.3 Å². The van der Waals surface area contributed by atoms with Crippen molar-refractivity contribution in [2.75, 3.05) is 27.2 Å². The summed E-state index contributed by atoms with van der Waals surface area (Å²) in [5, 5.41) is 1.07. The van der Waals surface area contributed by atoms with Gasteiger partial charge in [0, 0.05) is 87.0 Å². The van der Waals surface area contributed by atoms with Crippen molar-refractivity contribution in [2.24, 2.45) is 0 Å². The molecule has 0 saturated heterocycles. The van der Waals surface area contributed by atoms with Crippen LogP contribution >= 0.6 is 0 Å². The van der Waals surface area contributed by atoms with Crippen LogP contribution in [0.1, 0.15) is 27.3 Å². The third-order valence-electron chi connectivity index (χ3n) is 7.23. The van der Waals surface area contributed by atoms with E-state index >= 15 is 0 Å². The highest BCUT2D eigenvalue weighted by molar-refractivity contribution is 5.98. The first-order valence-electron chi connectivity index (χ1n) is 12.7. The number of aromatic amines is 2. The molecule has 4 heterocycles. The lowest BCUT2D eigenvalue weighted by atomic mass is 9.94. The van der Waals surface area contributed by atoms with Gasteiger partial charge in [0.25, 0.3) is 5.91 Å². The summed E-state index contributed by atoms with van der Waals surface area (Å²) >= 11 is 0. The van der Waals surface area contributed by atoms with Crippen molar-refractivity contribution >= 4 is 16.9 Å². The molecule has 0 bridgehead atoms. The number of carbonyl (C=O) groups is 1. The normalized spacial score (nSPS) is 13.6. The monoisotopic (exact) mass is 490 g/mol. The van der Waals surface area contributed by atoms with Crippen LogP contribution in [0.5, 0.6) is 0 Å². The van der Waals surface area contributed by atoms with Crippen LogP contribution in [-0.4, -0.2) is 62.8 Å². The highest BCUT2D eigenvalue weighted by Gasteiger charge is 2.18. The third-order valence-corrected chi connectivity index (χ3v) is 7.23. The van der Waals surface area contributed by atoms with Gasteiger partial charge in [0.15, 0.2) is 0 Å². The number of hydrogen-bond donors (Lipinski definition) is 2. The Hall–Kier alpha value is -4.23. The predicted molar refractivity (Wildman–Crippen MR) is 146 cm³/mol. The molecule has 0 atom stereocenters. The fourth-order valence-electron chi connectivity index (χ4n) is 5.14. The number of rotatable bonds is 6. The van der Waals surface area contributed by atoms with E-state index in [1.807, 2.05) is 49.1 Å². The van der Waals surface area contributed by atoms with E-state index in [1.165, 1.54) is 16.7 Å². The number of fused-ring (bicyclic) bond motifs is 2. The molecule has 3 aromatic heterocycles. The quantitative estimate of drug-likeness (QED) is 0.354. The van der Waals surface area contributed by atoms with Gasteiger partial charge in [-0.3, -0.25) is 9.69 Å². The Morgan fingerprint density at radius 2 is 1.81 bits per heavy atom. The maximum absolute atomic E-state index is 12.3. The molecule has 6 rings (SSSR count). The van der Waals surface area contributed by atoms with E-state index in [1.54, 1.807) is 19.0 Å². The minimum absolute atomic E-state index is 0.00127. The van der Waals surface area contributed by atoms with Crippen LogP contribution in [-0.2, 0) is 19.4 Å². The number of carbonyl (C=O) groups excluding carboxylic acids is 1.